The van der Waals surface area contributed by atoms with Gasteiger partial charge in [-0.3, -0.25) is 0 Å². The van der Waals surface area contributed by atoms with E-state index in [0.717, 1.165) is 16.9 Å². The minimum atomic E-state index is 0.0989. The lowest BCUT2D eigenvalue weighted by molar-refractivity contribution is 0.591. The number of rotatable bonds is 3. The second-order valence-corrected chi connectivity index (χ2v) is 8.54. The molecule has 5 rings (SSSR count). The highest BCUT2D eigenvalue weighted by Crippen LogP contribution is 2.35. The Morgan fingerprint density at radius 3 is 2.33 bits per heavy atom. The molecule has 1 N–H and O–H groups in total. The molecule has 2 heterocycles. The predicted octanol–water partition coefficient (Wildman–Crippen LogP) is 5.78. The van der Waals surface area contributed by atoms with Crippen LogP contribution in [-0.4, -0.2) is 25.2 Å². The van der Waals surface area contributed by atoms with E-state index in [4.69, 9.17) is 0 Å². The van der Waals surface area contributed by atoms with Crippen LogP contribution in [0.3, 0.4) is 0 Å². The molecule has 30 heavy (non-hydrogen) atoms. The number of hydrogen-bond acceptors (Lipinski definition) is 3. The van der Waals surface area contributed by atoms with Gasteiger partial charge < -0.3 is 4.57 Å². The fourth-order valence-electron chi connectivity index (χ4n) is 3.85. The third-order valence-corrected chi connectivity index (χ3v) is 5.45. The molecule has 5 nitrogen and oxygen atoms in total. The largest absolute Gasteiger partial charge is 0.309 e. The van der Waals surface area contributed by atoms with Crippen LogP contribution in [0.2, 0.25) is 0 Å². The van der Waals surface area contributed by atoms with Crippen LogP contribution < -0.4 is 0 Å². The smallest absolute Gasteiger partial charge is 0.204 e. The van der Waals surface area contributed by atoms with Gasteiger partial charge in [-0.1, -0.05) is 69.3 Å². The van der Waals surface area contributed by atoms with Crippen molar-refractivity contribution >= 4 is 10.9 Å². The number of nitrogens with one attached hydrogen (secondary N) is 1. The Labute approximate surface area is 175 Å². The first-order valence-corrected chi connectivity index (χ1v) is 10.1. The molecular weight excluding hydrogens is 370 g/mol. The molecule has 0 atom stereocenters. The maximum Gasteiger partial charge on any atom is 0.204 e. The SMILES string of the molecule is CC(C)(C)c1ccc2c(c1)cc(-c1ccccc1)n2-c1cccc(-c2nn[nH]n2)c1. The van der Waals surface area contributed by atoms with E-state index in [-0.39, 0.29) is 5.41 Å². The third kappa shape index (κ3) is 3.18. The molecule has 0 spiro atoms. The van der Waals surface area contributed by atoms with Crippen molar-refractivity contribution in [2.45, 2.75) is 26.2 Å². The molecule has 0 aliphatic carbocycles. The third-order valence-electron chi connectivity index (χ3n) is 5.45. The van der Waals surface area contributed by atoms with Crippen LogP contribution >= 0.6 is 0 Å². The van der Waals surface area contributed by atoms with E-state index < -0.39 is 0 Å². The van der Waals surface area contributed by atoms with Crippen molar-refractivity contribution in [3.63, 3.8) is 0 Å². The Balaban J connectivity index is 1.77. The molecule has 0 bridgehead atoms. The first-order valence-electron chi connectivity index (χ1n) is 10.1. The molecule has 5 heteroatoms. The van der Waals surface area contributed by atoms with Gasteiger partial charge in [0.05, 0.1) is 11.2 Å². The van der Waals surface area contributed by atoms with Gasteiger partial charge in [-0.25, -0.2) is 0 Å². The van der Waals surface area contributed by atoms with Gasteiger partial charge in [0.1, 0.15) is 0 Å². The van der Waals surface area contributed by atoms with Crippen molar-refractivity contribution in [2.24, 2.45) is 0 Å². The highest BCUT2D eigenvalue weighted by atomic mass is 15.5. The van der Waals surface area contributed by atoms with Crippen molar-refractivity contribution in [1.82, 2.24) is 25.2 Å². The second-order valence-electron chi connectivity index (χ2n) is 8.54. The number of hydrogen-bond donors (Lipinski definition) is 1. The van der Waals surface area contributed by atoms with Crippen molar-refractivity contribution in [3.8, 4) is 28.3 Å². The summed E-state index contributed by atoms with van der Waals surface area (Å²) >= 11 is 0. The van der Waals surface area contributed by atoms with E-state index in [1.165, 1.54) is 22.0 Å². The maximum absolute atomic E-state index is 4.13. The minimum absolute atomic E-state index is 0.0989. The lowest BCUT2D eigenvalue weighted by Crippen LogP contribution is -2.10. The Bertz CT molecular complexity index is 1310. The normalized spacial score (nSPS) is 11.8. The van der Waals surface area contributed by atoms with Crippen LogP contribution in [0, 0.1) is 0 Å². The molecule has 0 aliphatic heterocycles. The summed E-state index contributed by atoms with van der Waals surface area (Å²) in [6, 6.07) is 27.8. The van der Waals surface area contributed by atoms with E-state index in [1.54, 1.807) is 0 Å². The number of H-pyrrole nitrogens is 1. The minimum Gasteiger partial charge on any atom is -0.309 e. The molecule has 0 fully saturated rings. The summed E-state index contributed by atoms with van der Waals surface area (Å²) in [5, 5.41) is 15.7. The molecule has 0 saturated heterocycles. The molecule has 0 amide bonds. The predicted molar refractivity (Wildman–Crippen MR) is 121 cm³/mol. The average molecular weight is 393 g/mol. The van der Waals surface area contributed by atoms with Crippen LogP contribution in [0.15, 0.2) is 78.9 Å². The summed E-state index contributed by atoms with van der Waals surface area (Å²) in [6.45, 7) is 6.74. The fraction of sp³-hybridized carbons (Fsp3) is 0.160. The maximum atomic E-state index is 4.13. The average Bonchev–Trinajstić information content (AvgIpc) is 3.41. The molecular formula is C25H23N5. The first-order chi connectivity index (χ1) is 14.5. The van der Waals surface area contributed by atoms with Crippen molar-refractivity contribution in [2.75, 3.05) is 0 Å². The zero-order chi connectivity index (χ0) is 20.7. The van der Waals surface area contributed by atoms with Crippen LogP contribution in [0.5, 0.6) is 0 Å². The van der Waals surface area contributed by atoms with E-state index in [9.17, 15) is 0 Å². The highest BCUT2D eigenvalue weighted by Gasteiger charge is 2.18. The van der Waals surface area contributed by atoms with E-state index in [1.807, 2.05) is 18.2 Å². The van der Waals surface area contributed by atoms with Gasteiger partial charge in [-0.05, 0) is 52.1 Å². The van der Waals surface area contributed by atoms with Crippen molar-refractivity contribution in [1.29, 1.82) is 0 Å². The van der Waals surface area contributed by atoms with Gasteiger partial charge in [-0.2, -0.15) is 5.21 Å². The Kier molecular flexibility index (Phi) is 4.24. The monoisotopic (exact) mass is 393 g/mol. The Morgan fingerprint density at radius 2 is 1.60 bits per heavy atom. The van der Waals surface area contributed by atoms with E-state index in [0.29, 0.717) is 5.82 Å². The first kappa shape index (κ1) is 18.3. The second kappa shape index (κ2) is 6.95. The topological polar surface area (TPSA) is 59.4 Å². The number of aromatic amines is 1. The van der Waals surface area contributed by atoms with Crippen molar-refractivity contribution in [3.05, 3.63) is 84.4 Å². The Morgan fingerprint density at radius 1 is 0.800 bits per heavy atom. The zero-order valence-corrected chi connectivity index (χ0v) is 17.3. The van der Waals surface area contributed by atoms with E-state index >= 15 is 0 Å². The summed E-state index contributed by atoms with van der Waals surface area (Å²) in [7, 11) is 0. The van der Waals surface area contributed by atoms with Gasteiger partial charge in [0.25, 0.3) is 0 Å². The quantitative estimate of drug-likeness (QED) is 0.423. The number of aromatic nitrogens is 5. The number of benzene rings is 3. The van der Waals surface area contributed by atoms with Crippen LogP contribution in [0.1, 0.15) is 26.3 Å². The summed E-state index contributed by atoms with van der Waals surface area (Å²) in [6.07, 6.45) is 0. The Hall–Kier alpha value is -3.73. The zero-order valence-electron chi connectivity index (χ0n) is 17.3. The summed E-state index contributed by atoms with van der Waals surface area (Å²) in [5.74, 6) is 0.588. The molecule has 3 aromatic carbocycles. The van der Waals surface area contributed by atoms with E-state index in [2.05, 4.69) is 107 Å². The molecule has 0 unspecified atom stereocenters. The molecule has 0 aliphatic rings. The standard InChI is InChI=1S/C25H23N5/c1-25(2,3)20-12-13-22-19(14-20)16-23(17-8-5-4-6-9-17)30(22)21-11-7-10-18(15-21)24-26-28-29-27-24/h4-16H,1-3H3,(H,26,27,28,29). The molecule has 0 saturated carbocycles. The fourth-order valence-corrected chi connectivity index (χ4v) is 3.85. The summed E-state index contributed by atoms with van der Waals surface area (Å²) in [4.78, 5) is 0. The van der Waals surface area contributed by atoms with Gasteiger partial charge in [0.2, 0.25) is 5.82 Å². The summed E-state index contributed by atoms with van der Waals surface area (Å²) in [5.41, 5.74) is 6.92. The molecule has 2 aromatic heterocycles. The lowest BCUT2D eigenvalue weighted by Gasteiger charge is -2.19. The van der Waals surface area contributed by atoms with Gasteiger partial charge in [0, 0.05) is 16.6 Å². The van der Waals surface area contributed by atoms with Crippen LogP contribution in [0.25, 0.3) is 39.2 Å². The molecule has 0 radical (unpaired) electrons. The number of nitrogens with zero attached hydrogens (tertiary/aromatic N) is 4. The lowest BCUT2D eigenvalue weighted by atomic mass is 9.86. The van der Waals surface area contributed by atoms with Crippen molar-refractivity contribution < 1.29 is 0 Å². The number of fused-ring (bicyclic) bond motifs is 1. The van der Waals surface area contributed by atoms with Crippen LogP contribution in [-0.2, 0) is 5.41 Å². The molecule has 5 aromatic rings. The van der Waals surface area contributed by atoms with Gasteiger partial charge in [0.15, 0.2) is 0 Å². The summed E-state index contributed by atoms with van der Waals surface area (Å²) < 4.78 is 2.31. The van der Waals surface area contributed by atoms with Crippen LogP contribution in [0.4, 0.5) is 0 Å². The number of tetrazole rings is 1. The molecule has 148 valence electrons. The highest BCUT2D eigenvalue weighted by molar-refractivity contribution is 5.90. The van der Waals surface area contributed by atoms with Gasteiger partial charge >= 0.3 is 0 Å². The van der Waals surface area contributed by atoms with Gasteiger partial charge in [-0.15, -0.1) is 10.2 Å².